The third-order valence-electron chi connectivity index (χ3n) is 3.22. The van der Waals surface area contributed by atoms with Crippen molar-refractivity contribution in [2.24, 2.45) is 0 Å². The molecule has 0 atom stereocenters. The van der Waals surface area contributed by atoms with Crippen LogP contribution in [0.25, 0.3) is 0 Å². The number of aryl methyl sites for hydroxylation is 1. The Balaban J connectivity index is 2.04. The van der Waals surface area contributed by atoms with Gasteiger partial charge in [-0.25, -0.2) is 13.4 Å². The third kappa shape index (κ3) is 4.30. The van der Waals surface area contributed by atoms with Crippen molar-refractivity contribution in [1.29, 1.82) is 0 Å². The van der Waals surface area contributed by atoms with Crippen LogP contribution >= 0.6 is 11.8 Å². The van der Waals surface area contributed by atoms with E-state index in [4.69, 9.17) is 4.52 Å². The minimum atomic E-state index is -3.46. The van der Waals surface area contributed by atoms with Crippen molar-refractivity contribution in [2.45, 2.75) is 42.9 Å². The predicted octanol–water partition coefficient (Wildman–Crippen LogP) is 2.35. The number of hydrogen-bond acceptors (Lipinski definition) is 7. The molecule has 0 spiro atoms. The van der Waals surface area contributed by atoms with Gasteiger partial charge in [-0.1, -0.05) is 37.7 Å². The Morgan fingerprint density at radius 2 is 1.96 bits per heavy atom. The van der Waals surface area contributed by atoms with E-state index in [2.05, 4.69) is 15.1 Å². The highest BCUT2D eigenvalue weighted by Crippen LogP contribution is 2.22. The Labute approximate surface area is 140 Å². The van der Waals surface area contributed by atoms with Gasteiger partial charge in [-0.15, -0.1) is 0 Å². The lowest BCUT2D eigenvalue weighted by Gasteiger charge is -2.18. The smallest absolute Gasteiger partial charge is 0.244 e. The van der Waals surface area contributed by atoms with Crippen molar-refractivity contribution in [3.8, 4) is 0 Å². The monoisotopic (exact) mass is 356 g/mol. The highest BCUT2D eigenvalue weighted by Gasteiger charge is 2.21. The molecule has 0 amide bonds. The zero-order valence-electron chi connectivity index (χ0n) is 13.4. The summed E-state index contributed by atoms with van der Waals surface area (Å²) in [5.41, 5.74) is 0. The summed E-state index contributed by atoms with van der Waals surface area (Å²) in [5, 5.41) is 4.53. The molecular weight excluding hydrogens is 336 g/mol. The summed E-state index contributed by atoms with van der Waals surface area (Å²) >= 11 is 1.42. The molecule has 0 saturated heterocycles. The maximum atomic E-state index is 12.4. The maximum Gasteiger partial charge on any atom is 0.244 e. The zero-order valence-corrected chi connectivity index (χ0v) is 15.0. The van der Waals surface area contributed by atoms with E-state index in [1.165, 1.54) is 22.3 Å². The summed E-state index contributed by atoms with van der Waals surface area (Å²) in [6, 6.07) is 3.27. The molecule has 0 fully saturated rings. The van der Waals surface area contributed by atoms with Crippen molar-refractivity contribution in [2.75, 3.05) is 13.1 Å². The van der Waals surface area contributed by atoms with Crippen LogP contribution in [0.5, 0.6) is 0 Å². The first-order chi connectivity index (χ1) is 11.0. The lowest BCUT2D eigenvalue weighted by molar-refractivity contribution is 0.385. The van der Waals surface area contributed by atoms with Crippen molar-refractivity contribution in [3.63, 3.8) is 0 Å². The minimum absolute atomic E-state index is 0.205. The van der Waals surface area contributed by atoms with E-state index in [0.29, 0.717) is 35.6 Å². The van der Waals surface area contributed by atoms with Crippen molar-refractivity contribution >= 4 is 21.8 Å². The van der Waals surface area contributed by atoms with E-state index >= 15 is 0 Å². The minimum Gasteiger partial charge on any atom is -0.338 e. The van der Waals surface area contributed by atoms with Gasteiger partial charge in [-0.2, -0.15) is 9.29 Å². The second-order valence-electron chi connectivity index (χ2n) is 4.67. The topological polar surface area (TPSA) is 89.2 Å². The van der Waals surface area contributed by atoms with Gasteiger partial charge < -0.3 is 4.52 Å². The SMILES string of the molecule is CCc1noc(CSc2ccc(S(=O)(=O)N(CC)CC)cn2)n1. The second-order valence-corrected chi connectivity index (χ2v) is 7.60. The van der Waals surface area contributed by atoms with Crippen LogP contribution < -0.4 is 0 Å². The first-order valence-electron chi connectivity index (χ1n) is 7.41. The number of nitrogens with zero attached hydrogens (tertiary/aromatic N) is 4. The van der Waals surface area contributed by atoms with E-state index in [0.717, 1.165) is 6.42 Å². The summed E-state index contributed by atoms with van der Waals surface area (Å²) in [6.45, 7) is 6.46. The number of thioether (sulfide) groups is 1. The Hall–Kier alpha value is -1.45. The molecule has 0 saturated carbocycles. The van der Waals surface area contributed by atoms with Crippen LogP contribution in [-0.2, 0) is 22.2 Å². The number of aromatic nitrogens is 3. The molecule has 2 aromatic heterocycles. The van der Waals surface area contributed by atoms with Crippen molar-refractivity contribution < 1.29 is 12.9 Å². The highest BCUT2D eigenvalue weighted by atomic mass is 32.2. The summed E-state index contributed by atoms with van der Waals surface area (Å²) in [7, 11) is -3.46. The molecular formula is C14H20N4O3S2. The number of sulfonamides is 1. The van der Waals surface area contributed by atoms with Crippen LogP contribution in [0.3, 0.4) is 0 Å². The van der Waals surface area contributed by atoms with Crippen molar-refractivity contribution in [1.82, 2.24) is 19.4 Å². The molecule has 0 aliphatic carbocycles. The molecule has 2 heterocycles. The third-order valence-corrected chi connectivity index (χ3v) is 6.18. The molecule has 126 valence electrons. The second kappa shape index (κ2) is 7.89. The fraction of sp³-hybridized carbons (Fsp3) is 0.500. The van der Waals surface area contributed by atoms with E-state index in [1.54, 1.807) is 12.1 Å². The Kier molecular flexibility index (Phi) is 6.14. The molecule has 0 bridgehead atoms. The summed E-state index contributed by atoms with van der Waals surface area (Å²) in [4.78, 5) is 8.63. The van der Waals surface area contributed by atoms with Gasteiger partial charge in [0.2, 0.25) is 15.9 Å². The average molecular weight is 356 g/mol. The molecule has 0 unspecified atom stereocenters. The maximum absolute atomic E-state index is 12.4. The van der Waals surface area contributed by atoms with Crippen molar-refractivity contribution in [3.05, 3.63) is 30.0 Å². The summed E-state index contributed by atoms with van der Waals surface area (Å²) < 4.78 is 31.2. The van der Waals surface area contributed by atoms with Crippen LogP contribution in [0.4, 0.5) is 0 Å². The van der Waals surface area contributed by atoms with Crippen LogP contribution in [0.1, 0.15) is 32.5 Å². The summed E-state index contributed by atoms with van der Waals surface area (Å²) in [6.07, 6.45) is 2.12. The van der Waals surface area contributed by atoms with E-state index in [-0.39, 0.29) is 4.90 Å². The van der Waals surface area contributed by atoms with Gasteiger partial charge in [0, 0.05) is 25.7 Å². The first-order valence-corrected chi connectivity index (χ1v) is 9.84. The zero-order chi connectivity index (χ0) is 16.9. The van der Waals surface area contributed by atoms with Gasteiger partial charge >= 0.3 is 0 Å². The van der Waals surface area contributed by atoms with Gasteiger partial charge in [-0.05, 0) is 12.1 Å². The van der Waals surface area contributed by atoms with Crippen LogP contribution in [0.15, 0.2) is 32.8 Å². The Morgan fingerprint density at radius 3 is 2.48 bits per heavy atom. The molecule has 0 aliphatic rings. The molecule has 9 heteroatoms. The fourth-order valence-electron chi connectivity index (χ4n) is 1.95. The van der Waals surface area contributed by atoms with Gasteiger partial charge in [0.05, 0.1) is 10.8 Å². The van der Waals surface area contributed by atoms with Gasteiger partial charge in [0.15, 0.2) is 5.82 Å². The normalized spacial score (nSPS) is 12.0. The van der Waals surface area contributed by atoms with Gasteiger partial charge in [0.1, 0.15) is 4.90 Å². The quantitative estimate of drug-likeness (QED) is 0.671. The molecule has 23 heavy (non-hydrogen) atoms. The van der Waals surface area contributed by atoms with Gasteiger partial charge in [-0.3, -0.25) is 0 Å². The Bertz CT molecular complexity index is 725. The lowest BCUT2D eigenvalue weighted by Crippen LogP contribution is -2.30. The number of rotatable bonds is 8. The van der Waals surface area contributed by atoms with Crippen LogP contribution in [0, 0.1) is 0 Å². The van der Waals surface area contributed by atoms with Crippen LogP contribution in [0.2, 0.25) is 0 Å². The molecule has 0 N–H and O–H groups in total. The molecule has 2 rings (SSSR count). The molecule has 0 aliphatic heterocycles. The van der Waals surface area contributed by atoms with Crippen LogP contribution in [-0.4, -0.2) is 40.9 Å². The largest absolute Gasteiger partial charge is 0.338 e. The standard InChI is InChI=1S/C14H20N4O3S2/c1-4-12-16-13(21-17-12)10-22-14-8-7-11(9-15-14)23(19,20)18(5-2)6-3/h7-9H,4-6,10H2,1-3H3. The molecule has 0 radical (unpaired) electrons. The molecule has 2 aromatic rings. The summed E-state index contributed by atoms with van der Waals surface area (Å²) in [5.74, 6) is 1.71. The van der Waals surface area contributed by atoms with Gasteiger partial charge in [0.25, 0.3) is 0 Å². The Morgan fingerprint density at radius 1 is 1.22 bits per heavy atom. The van der Waals surface area contributed by atoms with E-state index in [1.807, 2.05) is 20.8 Å². The fourth-order valence-corrected chi connectivity index (χ4v) is 4.03. The van der Waals surface area contributed by atoms with E-state index in [9.17, 15) is 8.42 Å². The van der Waals surface area contributed by atoms with E-state index < -0.39 is 10.0 Å². The highest BCUT2D eigenvalue weighted by molar-refractivity contribution is 7.98. The average Bonchev–Trinajstić information content (AvgIpc) is 3.02. The first kappa shape index (κ1) is 17.9. The predicted molar refractivity (Wildman–Crippen MR) is 87.6 cm³/mol. The molecule has 7 nitrogen and oxygen atoms in total. The molecule has 0 aromatic carbocycles. The lowest BCUT2D eigenvalue weighted by atomic mass is 10.5. The number of hydrogen-bond donors (Lipinski definition) is 0. The number of pyridine rings is 1.